The molecule has 0 aliphatic carbocycles. The van der Waals surface area contributed by atoms with Crippen LogP contribution in [0.4, 0.5) is 11.6 Å². The molecule has 4 N–H and O–H groups in total. The molecule has 4 aromatic rings. The van der Waals surface area contributed by atoms with E-state index in [2.05, 4.69) is 15.3 Å². The van der Waals surface area contributed by atoms with E-state index in [1.807, 2.05) is 46.7 Å². The van der Waals surface area contributed by atoms with Crippen LogP contribution in [0.25, 0.3) is 16.8 Å². The van der Waals surface area contributed by atoms with Crippen molar-refractivity contribution >= 4 is 23.1 Å². The van der Waals surface area contributed by atoms with Crippen molar-refractivity contribution < 1.29 is 9.90 Å². The minimum absolute atomic E-state index is 0.0623. The van der Waals surface area contributed by atoms with Crippen LogP contribution in [0.2, 0.25) is 0 Å². The number of carbonyl (C=O) groups is 1. The number of nitrogen functional groups attached to an aromatic ring is 1. The molecule has 0 radical (unpaired) electrons. The van der Waals surface area contributed by atoms with Crippen LogP contribution in [0.3, 0.4) is 0 Å². The van der Waals surface area contributed by atoms with Gasteiger partial charge in [-0.3, -0.25) is 14.1 Å². The molecule has 1 fully saturated rings. The van der Waals surface area contributed by atoms with Crippen molar-refractivity contribution in [1.82, 2.24) is 24.3 Å². The molecule has 9 heteroatoms. The third kappa shape index (κ3) is 4.39. The molecular weight excluding hydrogens is 442 g/mol. The lowest BCUT2D eigenvalue weighted by molar-refractivity contribution is 0.0291. The smallest absolute Gasteiger partial charge is 0.256 e. The Bertz CT molecular complexity index is 1370. The van der Waals surface area contributed by atoms with Crippen molar-refractivity contribution in [3.05, 3.63) is 84.6 Å². The molecule has 0 spiro atoms. The third-order valence-corrected chi connectivity index (χ3v) is 6.23. The molecule has 4 heterocycles. The summed E-state index contributed by atoms with van der Waals surface area (Å²) in [6.07, 6.45) is 9.92. The Hall–Kier alpha value is -4.08. The van der Waals surface area contributed by atoms with E-state index in [0.717, 1.165) is 30.8 Å². The van der Waals surface area contributed by atoms with Crippen LogP contribution >= 0.6 is 0 Å². The van der Waals surface area contributed by atoms with Gasteiger partial charge in [0, 0.05) is 36.3 Å². The summed E-state index contributed by atoms with van der Waals surface area (Å²) >= 11 is 0. The Morgan fingerprint density at radius 2 is 2.03 bits per heavy atom. The zero-order valence-corrected chi connectivity index (χ0v) is 19.4. The van der Waals surface area contributed by atoms with Gasteiger partial charge in [-0.05, 0) is 50.1 Å². The molecule has 9 nitrogen and oxygen atoms in total. The number of hydrogen-bond donors (Lipinski definition) is 3. The van der Waals surface area contributed by atoms with Gasteiger partial charge < -0.3 is 16.2 Å². The van der Waals surface area contributed by atoms with Crippen molar-refractivity contribution in [2.45, 2.75) is 32.0 Å². The molecule has 1 amide bonds. The second kappa shape index (κ2) is 9.65. The number of amides is 1. The summed E-state index contributed by atoms with van der Waals surface area (Å²) < 4.78 is 1.96. The molecule has 0 saturated carbocycles. The molecule has 1 aromatic carbocycles. The van der Waals surface area contributed by atoms with E-state index in [0.29, 0.717) is 28.4 Å². The first-order valence-electron chi connectivity index (χ1n) is 11.6. The second-order valence-electron chi connectivity index (χ2n) is 8.43. The SMILES string of the molecule is C/C=C/C(O)N1CCC[C@H]1c1nc(-c2ccc(C(=O)Nc3ccccn3)cc2)c2c(N)nccn12. The molecule has 1 saturated heterocycles. The summed E-state index contributed by atoms with van der Waals surface area (Å²) in [5.41, 5.74) is 9.02. The Balaban J connectivity index is 1.50. The maximum atomic E-state index is 12.6. The first-order valence-corrected chi connectivity index (χ1v) is 11.6. The van der Waals surface area contributed by atoms with E-state index in [4.69, 9.17) is 10.7 Å². The van der Waals surface area contributed by atoms with E-state index in [-0.39, 0.29) is 11.9 Å². The van der Waals surface area contributed by atoms with Crippen LogP contribution in [0.5, 0.6) is 0 Å². The number of carbonyl (C=O) groups excluding carboxylic acids is 1. The lowest BCUT2D eigenvalue weighted by atomic mass is 10.1. The van der Waals surface area contributed by atoms with Gasteiger partial charge in [-0.1, -0.05) is 24.3 Å². The van der Waals surface area contributed by atoms with Gasteiger partial charge in [0.15, 0.2) is 0 Å². The van der Waals surface area contributed by atoms with Gasteiger partial charge in [0.25, 0.3) is 5.91 Å². The highest BCUT2D eigenvalue weighted by Gasteiger charge is 2.33. The Morgan fingerprint density at radius 3 is 2.77 bits per heavy atom. The molecule has 2 atom stereocenters. The maximum absolute atomic E-state index is 12.6. The molecule has 1 aliphatic heterocycles. The van der Waals surface area contributed by atoms with E-state index < -0.39 is 6.23 Å². The molecule has 1 aliphatic rings. The number of allylic oxidation sites excluding steroid dienone is 1. The fourth-order valence-electron chi connectivity index (χ4n) is 4.59. The van der Waals surface area contributed by atoms with Crippen LogP contribution in [0.15, 0.2) is 73.2 Å². The number of rotatable bonds is 6. The molecular formula is C26H27N7O2. The summed E-state index contributed by atoms with van der Waals surface area (Å²) in [7, 11) is 0. The highest BCUT2D eigenvalue weighted by molar-refractivity contribution is 6.04. The highest BCUT2D eigenvalue weighted by Crippen LogP contribution is 2.37. The van der Waals surface area contributed by atoms with E-state index in [9.17, 15) is 9.90 Å². The van der Waals surface area contributed by atoms with Gasteiger partial charge in [-0.2, -0.15) is 0 Å². The predicted molar refractivity (Wildman–Crippen MR) is 135 cm³/mol. The minimum Gasteiger partial charge on any atom is -0.382 e. The fourth-order valence-corrected chi connectivity index (χ4v) is 4.59. The van der Waals surface area contributed by atoms with Crippen LogP contribution < -0.4 is 11.1 Å². The number of likely N-dealkylation sites (tertiary alicyclic amines) is 1. The van der Waals surface area contributed by atoms with Crippen molar-refractivity contribution in [2.75, 3.05) is 17.6 Å². The van der Waals surface area contributed by atoms with Crippen LogP contribution in [-0.4, -0.2) is 48.0 Å². The summed E-state index contributed by atoms with van der Waals surface area (Å²) in [6, 6.07) is 12.5. The Labute approximate surface area is 203 Å². The monoisotopic (exact) mass is 469 g/mol. The molecule has 35 heavy (non-hydrogen) atoms. The quantitative estimate of drug-likeness (QED) is 0.369. The van der Waals surface area contributed by atoms with Crippen molar-refractivity contribution in [2.24, 2.45) is 0 Å². The van der Waals surface area contributed by atoms with E-state index >= 15 is 0 Å². The average molecular weight is 470 g/mol. The van der Waals surface area contributed by atoms with E-state index in [1.165, 1.54) is 0 Å². The number of benzene rings is 1. The molecule has 1 unspecified atom stereocenters. The minimum atomic E-state index is -0.681. The van der Waals surface area contributed by atoms with Gasteiger partial charge in [0.05, 0.1) is 6.04 Å². The van der Waals surface area contributed by atoms with Gasteiger partial charge in [-0.15, -0.1) is 0 Å². The van der Waals surface area contributed by atoms with Gasteiger partial charge in [0.2, 0.25) is 0 Å². The van der Waals surface area contributed by atoms with Gasteiger partial charge >= 0.3 is 0 Å². The lowest BCUT2D eigenvalue weighted by Crippen LogP contribution is -2.34. The fraction of sp³-hybridized carbons (Fsp3) is 0.231. The summed E-state index contributed by atoms with van der Waals surface area (Å²) in [5, 5.41) is 13.4. The number of aromatic nitrogens is 4. The Kier molecular flexibility index (Phi) is 6.26. The number of pyridine rings is 1. The number of hydrogen-bond acceptors (Lipinski definition) is 7. The largest absolute Gasteiger partial charge is 0.382 e. The number of aliphatic hydroxyl groups excluding tert-OH is 1. The first-order chi connectivity index (χ1) is 17.1. The number of nitrogens with zero attached hydrogens (tertiary/aromatic N) is 5. The van der Waals surface area contributed by atoms with Crippen molar-refractivity contribution in [3.8, 4) is 11.3 Å². The second-order valence-corrected chi connectivity index (χ2v) is 8.43. The zero-order chi connectivity index (χ0) is 24.4. The maximum Gasteiger partial charge on any atom is 0.256 e. The predicted octanol–water partition coefficient (Wildman–Crippen LogP) is 3.66. The van der Waals surface area contributed by atoms with Gasteiger partial charge in [0.1, 0.15) is 34.9 Å². The molecule has 5 rings (SSSR count). The number of anilines is 2. The zero-order valence-electron chi connectivity index (χ0n) is 19.4. The van der Waals surface area contributed by atoms with E-state index in [1.54, 1.807) is 42.7 Å². The topological polar surface area (TPSA) is 122 Å². The number of aliphatic hydroxyl groups is 1. The number of imidazole rings is 1. The summed E-state index contributed by atoms with van der Waals surface area (Å²) in [6.45, 7) is 2.67. The van der Waals surface area contributed by atoms with Crippen LogP contribution in [0.1, 0.15) is 42.0 Å². The molecule has 178 valence electrons. The third-order valence-electron chi connectivity index (χ3n) is 6.23. The standard InChI is InChI=1S/C26H27N7O2/c1-2-6-21(34)32-15-5-7-19(32)25-31-22(23-24(27)29-14-16-33(23)25)17-9-11-18(12-10-17)26(35)30-20-8-3-4-13-28-20/h2-4,6,8-14,16,19,21,34H,5,7,15H2,1H3,(H2,27,29)(H,28,30,35)/b6-2+/t19-,21?/m0/s1. The lowest BCUT2D eigenvalue weighted by Gasteiger charge is -2.26. The number of nitrogens with two attached hydrogens (primary N) is 1. The summed E-state index contributed by atoms with van der Waals surface area (Å²) in [4.78, 5) is 28.1. The number of nitrogens with one attached hydrogen (secondary N) is 1. The first kappa shape index (κ1) is 22.7. The Morgan fingerprint density at radius 1 is 1.20 bits per heavy atom. The molecule has 0 bridgehead atoms. The van der Waals surface area contributed by atoms with Crippen LogP contribution in [0, 0.1) is 0 Å². The number of fused-ring (bicyclic) bond motifs is 1. The van der Waals surface area contributed by atoms with Crippen molar-refractivity contribution in [1.29, 1.82) is 0 Å². The average Bonchev–Trinajstić information content (AvgIpc) is 3.51. The van der Waals surface area contributed by atoms with Crippen LogP contribution in [-0.2, 0) is 0 Å². The normalized spacial score (nSPS) is 17.3. The summed E-state index contributed by atoms with van der Waals surface area (Å²) in [5.74, 6) is 1.43. The van der Waals surface area contributed by atoms with Crippen molar-refractivity contribution in [3.63, 3.8) is 0 Å². The molecule has 3 aromatic heterocycles. The highest BCUT2D eigenvalue weighted by atomic mass is 16.3. The van der Waals surface area contributed by atoms with Gasteiger partial charge in [-0.25, -0.2) is 15.0 Å².